The van der Waals surface area contributed by atoms with Crippen molar-refractivity contribution in [2.45, 2.75) is 19.7 Å². The smallest absolute Gasteiger partial charge is 0.243 e. The summed E-state index contributed by atoms with van der Waals surface area (Å²) in [4.78, 5) is 0. The van der Waals surface area contributed by atoms with Gasteiger partial charge in [-0.3, -0.25) is 0 Å². The Hall–Kier alpha value is -2.65. The first-order valence-electron chi connectivity index (χ1n) is 8.56. The van der Waals surface area contributed by atoms with Gasteiger partial charge >= 0.3 is 0 Å². The summed E-state index contributed by atoms with van der Waals surface area (Å²) in [5.74, 6) is 1.20. The van der Waals surface area contributed by atoms with Gasteiger partial charge in [-0.15, -0.1) is 6.58 Å². The Balaban J connectivity index is 1.73. The van der Waals surface area contributed by atoms with Crippen LogP contribution in [0.5, 0.6) is 11.5 Å². The zero-order valence-electron chi connectivity index (χ0n) is 15.5. The summed E-state index contributed by atoms with van der Waals surface area (Å²) < 4.78 is 26.9. The lowest BCUT2D eigenvalue weighted by atomic mass is 10.2. The molecule has 0 amide bonds. The van der Waals surface area contributed by atoms with E-state index in [0.29, 0.717) is 45.6 Å². The molecule has 10 heteroatoms. The lowest BCUT2D eigenvalue weighted by Crippen LogP contribution is -2.08. The number of allylic oxidation sites excluding steroid dienone is 1. The van der Waals surface area contributed by atoms with Crippen molar-refractivity contribution < 1.29 is 13.9 Å². The second-order valence-corrected chi connectivity index (χ2v) is 7.22. The summed E-state index contributed by atoms with van der Waals surface area (Å²) in [5.41, 5.74) is 1.59. The topological polar surface area (TPSA) is 74.1 Å². The van der Waals surface area contributed by atoms with Gasteiger partial charge in [0.25, 0.3) is 0 Å². The Kier molecular flexibility index (Phi) is 7.05. The number of nitrogens with one attached hydrogen (secondary N) is 1. The predicted molar refractivity (Wildman–Crippen MR) is 112 cm³/mol. The van der Waals surface area contributed by atoms with Crippen LogP contribution in [0, 0.1) is 5.82 Å². The van der Waals surface area contributed by atoms with Crippen LogP contribution < -0.4 is 14.8 Å². The average molecular weight is 483 g/mol. The molecule has 0 spiro atoms. The van der Waals surface area contributed by atoms with E-state index in [1.807, 2.05) is 12.1 Å². The van der Waals surface area contributed by atoms with Crippen molar-refractivity contribution in [3.05, 3.63) is 69.4 Å². The molecule has 3 aromatic rings. The summed E-state index contributed by atoms with van der Waals surface area (Å²) in [5, 5.41) is 15.0. The molecule has 0 fully saturated rings. The SMILES string of the molecule is C=CCn1nnnc1NCc1cc(Br)c(OCc2ccc(F)cc2Cl)c(OC)c1. The van der Waals surface area contributed by atoms with Crippen LogP contribution in [0.4, 0.5) is 10.3 Å². The molecule has 0 aliphatic heterocycles. The number of benzene rings is 2. The fourth-order valence-electron chi connectivity index (χ4n) is 2.56. The highest BCUT2D eigenvalue weighted by atomic mass is 79.9. The van der Waals surface area contributed by atoms with E-state index in [4.69, 9.17) is 21.1 Å². The van der Waals surface area contributed by atoms with E-state index in [1.54, 1.807) is 23.9 Å². The third-order valence-corrected chi connectivity index (χ3v) is 4.90. The third-order valence-electron chi connectivity index (χ3n) is 3.96. The lowest BCUT2D eigenvalue weighted by molar-refractivity contribution is 0.282. The van der Waals surface area contributed by atoms with Crippen molar-refractivity contribution in [3.8, 4) is 11.5 Å². The summed E-state index contributed by atoms with van der Waals surface area (Å²) in [7, 11) is 1.56. The predicted octanol–water partition coefficient (Wildman–Crippen LogP) is 4.61. The number of methoxy groups -OCH3 is 1. The molecule has 0 radical (unpaired) electrons. The standard InChI is InChI=1S/C19H18BrClFN5O2/c1-3-6-27-19(24-25-26-27)23-10-12-7-15(20)18(17(8-12)28-2)29-11-13-4-5-14(22)9-16(13)21/h3-5,7-9H,1,6,10-11H2,2H3,(H,23,24,26). The highest BCUT2D eigenvalue weighted by molar-refractivity contribution is 9.10. The minimum atomic E-state index is -0.395. The molecule has 29 heavy (non-hydrogen) atoms. The minimum Gasteiger partial charge on any atom is -0.493 e. The molecule has 1 heterocycles. The van der Waals surface area contributed by atoms with Gasteiger partial charge in [0.15, 0.2) is 11.5 Å². The van der Waals surface area contributed by atoms with Gasteiger partial charge in [-0.2, -0.15) is 0 Å². The lowest BCUT2D eigenvalue weighted by Gasteiger charge is -2.15. The van der Waals surface area contributed by atoms with Gasteiger partial charge in [0, 0.05) is 12.1 Å². The van der Waals surface area contributed by atoms with Gasteiger partial charge in [0.2, 0.25) is 5.95 Å². The van der Waals surface area contributed by atoms with Gasteiger partial charge in [0.1, 0.15) is 12.4 Å². The molecule has 0 aliphatic rings. The number of aromatic nitrogens is 4. The Labute approximate surface area is 180 Å². The molecule has 152 valence electrons. The van der Waals surface area contributed by atoms with Gasteiger partial charge in [-0.05, 0) is 56.2 Å². The Bertz CT molecular complexity index is 1010. The highest BCUT2D eigenvalue weighted by Crippen LogP contribution is 2.37. The van der Waals surface area contributed by atoms with Gasteiger partial charge in [-0.25, -0.2) is 9.07 Å². The monoisotopic (exact) mass is 481 g/mol. The van der Waals surface area contributed by atoms with E-state index < -0.39 is 5.82 Å². The van der Waals surface area contributed by atoms with E-state index in [-0.39, 0.29) is 6.61 Å². The van der Waals surface area contributed by atoms with Crippen LogP contribution in [0.1, 0.15) is 11.1 Å². The molecule has 1 N–H and O–H groups in total. The van der Waals surface area contributed by atoms with Crippen molar-refractivity contribution in [3.63, 3.8) is 0 Å². The van der Waals surface area contributed by atoms with Crippen molar-refractivity contribution in [1.82, 2.24) is 20.2 Å². The summed E-state index contributed by atoms with van der Waals surface area (Å²) in [6, 6.07) is 7.93. The van der Waals surface area contributed by atoms with Crippen LogP contribution in [0.15, 0.2) is 47.5 Å². The summed E-state index contributed by atoms with van der Waals surface area (Å²) >= 11 is 9.58. The molecular formula is C19H18BrClFN5O2. The maximum absolute atomic E-state index is 13.2. The minimum absolute atomic E-state index is 0.169. The van der Waals surface area contributed by atoms with Crippen LogP contribution in [0.2, 0.25) is 5.02 Å². The van der Waals surface area contributed by atoms with E-state index in [9.17, 15) is 4.39 Å². The Morgan fingerprint density at radius 3 is 2.90 bits per heavy atom. The zero-order chi connectivity index (χ0) is 20.8. The molecule has 0 saturated heterocycles. The molecule has 0 atom stereocenters. The summed E-state index contributed by atoms with van der Waals surface area (Å²) in [6.45, 7) is 4.82. The highest BCUT2D eigenvalue weighted by Gasteiger charge is 2.14. The number of halogens is 3. The van der Waals surface area contributed by atoms with Crippen LogP contribution in [-0.2, 0) is 19.7 Å². The number of ether oxygens (including phenoxy) is 2. The fraction of sp³-hybridized carbons (Fsp3) is 0.211. The molecule has 1 aromatic heterocycles. The fourth-order valence-corrected chi connectivity index (χ4v) is 3.39. The molecule has 7 nitrogen and oxygen atoms in total. The number of hydrogen-bond donors (Lipinski definition) is 1. The number of nitrogens with zero attached hydrogens (tertiary/aromatic N) is 4. The molecule has 0 saturated carbocycles. The van der Waals surface area contributed by atoms with Crippen LogP contribution in [0.3, 0.4) is 0 Å². The van der Waals surface area contributed by atoms with E-state index in [1.165, 1.54) is 12.1 Å². The van der Waals surface area contributed by atoms with Crippen molar-refractivity contribution >= 4 is 33.5 Å². The number of hydrogen-bond acceptors (Lipinski definition) is 6. The quantitative estimate of drug-likeness (QED) is 0.449. The molecular weight excluding hydrogens is 465 g/mol. The average Bonchev–Trinajstić information content (AvgIpc) is 3.13. The number of tetrazole rings is 1. The second kappa shape index (κ2) is 9.71. The molecule has 0 unspecified atom stereocenters. The third kappa shape index (κ3) is 5.24. The first-order chi connectivity index (χ1) is 14.0. The maximum atomic E-state index is 13.2. The second-order valence-electron chi connectivity index (χ2n) is 5.96. The number of anilines is 1. The first kappa shape index (κ1) is 21.1. The number of rotatable bonds is 9. The molecule has 2 aromatic carbocycles. The van der Waals surface area contributed by atoms with Crippen molar-refractivity contribution in [2.75, 3.05) is 12.4 Å². The van der Waals surface area contributed by atoms with Crippen LogP contribution in [-0.4, -0.2) is 27.3 Å². The normalized spacial score (nSPS) is 10.6. The summed E-state index contributed by atoms with van der Waals surface area (Å²) in [6.07, 6.45) is 1.71. The van der Waals surface area contributed by atoms with Crippen LogP contribution >= 0.6 is 27.5 Å². The first-order valence-corrected chi connectivity index (χ1v) is 9.73. The van der Waals surface area contributed by atoms with E-state index >= 15 is 0 Å². The van der Waals surface area contributed by atoms with Crippen LogP contribution in [0.25, 0.3) is 0 Å². The maximum Gasteiger partial charge on any atom is 0.243 e. The molecule has 0 aliphatic carbocycles. The van der Waals surface area contributed by atoms with E-state index in [0.717, 1.165) is 5.56 Å². The Morgan fingerprint density at radius 1 is 1.34 bits per heavy atom. The van der Waals surface area contributed by atoms with Gasteiger partial charge < -0.3 is 14.8 Å². The van der Waals surface area contributed by atoms with E-state index in [2.05, 4.69) is 43.4 Å². The molecule has 0 bridgehead atoms. The van der Waals surface area contributed by atoms with Gasteiger partial charge in [-0.1, -0.05) is 28.8 Å². The molecule has 3 rings (SSSR count). The largest absolute Gasteiger partial charge is 0.493 e. The van der Waals surface area contributed by atoms with Crippen molar-refractivity contribution in [2.24, 2.45) is 0 Å². The van der Waals surface area contributed by atoms with Crippen molar-refractivity contribution in [1.29, 1.82) is 0 Å². The van der Waals surface area contributed by atoms with Gasteiger partial charge in [0.05, 0.1) is 23.1 Å². The Morgan fingerprint density at radius 2 is 2.17 bits per heavy atom. The zero-order valence-corrected chi connectivity index (χ0v) is 17.9.